The zero-order valence-corrected chi connectivity index (χ0v) is 12.1. The second-order valence-electron chi connectivity index (χ2n) is 5.87. The molecule has 4 nitrogen and oxygen atoms in total. The standard InChI is InChI=1S/C15H19ClN2O2/c16-13-8-17-14(7-12(13)15(19)20)18-6-5-10-3-1-2-4-11(10)9-18/h7-8,10-11H,1-6,9H2,(H,19,20). The van der Waals surface area contributed by atoms with Crippen molar-refractivity contribution in [2.24, 2.45) is 11.8 Å². The number of nitrogens with zero attached hydrogens (tertiary/aromatic N) is 2. The van der Waals surface area contributed by atoms with Crippen LogP contribution in [0.15, 0.2) is 12.3 Å². The highest BCUT2D eigenvalue weighted by Crippen LogP contribution is 2.37. The number of aromatic carboxylic acids is 1. The number of aromatic nitrogens is 1. The Morgan fingerprint density at radius 3 is 2.80 bits per heavy atom. The zero-order chi connectivity index (χ0) is 14.1. The predicted molar refractivity (Wildman–Crippen MR) is 78.5 cm³/mol. The number of pyridine rings is 1. The monoisotopic (exact) mass is 294 g/mol. The Labute approximate surface area is 123 Å². The molecule has 3 rings (SSSR count). The lowest BCUT2D eigenvalue weighted by atomic mass is 9.75. The molecule has 1 aromatic heterocycles. The van der Waals surface area contributed by atoms with Gasteiger partial charge in [0.2, 0.25) is 0 Å². The predicted octanol–water partition coefficient (Wildman–Crippen LogP) is 3.45. The lowest BCUT2D eigenvalue weighted by Crippen LogP contribution is -2.42. The first-order valence-electron chi connectivity index (χ1n) is 7.29. The minimum absolute atomic E-state index is 0.141. The van der Waals surface area contributed by atoms with E-state index in [0.29, 0.717) is 0 Å². The average molecular weight is 295 g/mol. The number of piperidine rings is 1. The number of anilines is 1. The number of carboxylic acid groups (broad SMARTS) is 1. The maximum Gasteiger partial charge on any atom is 0.337 e. The van der Waals surface area contributed by atoms with Crippen LogP contribution >= 0.6 is 11.6 Å². The molecule has 1 saturated heterocycles. The molecule has 0 aromatic carbocycles. The van der Waals surface area contributed by atoms with Crippen LogP contribution in [0.2, 0.25) is 5.02 Å². The van der Waals surface area contributed by atoms with Crippen LogP contribution in [0.5, 0.6) is 0 Å². The molecule has 2 aliphatic rings. The Hall–Kier alpha value is -1.29. The molecule has 1 aromatic rings. The molecule has 5 heteroatoms. The van der Waals surface area contributed by atoms with E-state index in [0.717, 1.165) is 30.7 Å². The number of hydrogen-bond acceptors (Lipinski definition) is 3. The highest BCUT2D eigenvalue weighted by molar-refractivity contribution is 6.33. The van der Waals surface area contributed by atoms with Gasteiger partial charge in [0.15, 0.2) is 0 Å². The van der Waals surface area contributed by atoms with Gasteiger partial charge >= 0.3 is 5.97 Å². The van der Waals surface area contributed by atoms with E-state index in [1.54, 1.807) is 6.07 Å². The third-order valence-corrected chi connectivity index (χ3v) is 4.99. The van der Waals surface area contributed by atoms with E-state index in [1.165, 1.54) is 38.3 Å². The molecular formula is C15H19ClN2O2. The third kappa shape index (κ3) is 2.62. The molecule has 0 spiro atoms. The molecule has 0 radical (unpaired) electrons. The smallest absolute Gasteiger partial charge is 0.337 e. The molecule has 2 unspecified atom stereocenters. The lowest BCUT2D eigenvalue weighted by Gasteiger charge is -2.41. The molecule has 2 heterocycles. The molecule has 2 atom stereocenters. The average Bonchev–Trinajstić information content (AvgIpc) is 2.47. The van der Waals surface area contributed by atoms with E-state index < -0.39 is 5.97 Å². The number of rotatable bonds is 2. The summed E-state index contributed by atoms with van der Waals surface area (Å²) in [6.07, 6.45) is 7.98. The van der Waals surface area contributed by atoms with Gasteiger partial charge in [0, 0.05) is 19.3 Å². The minimum atomic E-state index is -0.994. The van der Waals surface area contributed by atoms with Crippen molar-refractivity contribution in [2.45, 2.75) is 32.1 Å². The summed E-state index contributed by atoms with van der Waals surface area (Å²) in [6.45, 7) is 1.97. The summed E-state index contributed by atoms with van der Waals surface area (Å²) in [5, 5.41) is 9.35. The molecule has 0 amide bonds. The van der Waals surface area contributed by atoms with Crippen LogP contribution in [-0.4, -0.2) is 29.1 Å². The van der Waals surface area contributed by atoms with Crippen molar-refractivity contribution in [1.29, 1.82) is 0 Å². The summed E-state index contributed by atoms with van der Waals surface area (Å²) in [7, 11) is 0. The summed E-state index contributed by atoms with van der Waals surface area (Å²) >= 11 is 5.88. The highest BCUT2D eigenvalue weighted by atomic mass is 35.5. The molecule has 0 bridgehead atoms. The number of carboxylic acids is 1. The second kappa shape index (κ2) is 5.60. The Bertz CT molecular complexity index is 521. The fourth-order valence-electron chi connectivity index (χ4n) is 3.57. The van der Waals surface area contributed by atoms with Crippen molar-refractivity contribution in [2.75, 3.05) is 18.0 Å². The van der Waals surface area contributed by atoms with Crippen LogP contribution in [0.25, 0.3) is 0 Å². The molecular weight excluding hydrogens is 276 g/mol. The van der Waals surface area contributed by atoms with E-state index >= 15 is 0 Å². The first-order chi connectivity index (χ1) is 9.65. The van der Waals surface area contributed by atoms with E-state index in [2.05, 4.69) is 9.88 Å². The molecule has 20 heavy (non-hydrogen) atoms. The Morgan fingerprint density at radius 2 is 2.05 bits per heavy atom. The number of halogens is 1. The largest absolute Gasteiger partial charge is 0.478 e. The molecule has 2 fully saturated rings. The van der Waals surface area contributed by atoms with Gasteiger partial charge in [0.25, 0.3) is 0 Å². The molecule has 1 saturated carbocycles. The summed E-state index contributed by atoms with van der Waals surface area (Å²) in [6, 6.07) is 1.60. The van der Waals surface area contributed by atoms with Crippen LogP contribution < -0.4 is 4.90 Å². The zero-order valence-electron chi connectivity index (χ0n) is 11.4. The van der Waals surface area contributed by atoms with Gasteiger partial charge in [-0.3, -0.25) is 0 Å². The fourth-order valence-corrected chi connectivity index (χ4v) is 3.76. The van der Waals surface area contributed by atoms with Gasteiger partial charge in [-0.25, -0.2) is 9.78 Å². The van der Waals surface area contributed by atoms with Crippen molar-refractivity contribution in [3.63, 3.8) is 0 Å². The second-order valence-corrected chi connectivity index (χ2v) is 6.27. The van der Waals surface area contributed by atoms with E-state index in [-0.39, 0.29) is 10.6 Å². The first kappa shape index (κ1) is 13.7. The SMILES string of the molecule is O=C(O)c1cc(N2CCC3CCCCC3C2)ncc1Cl. The summed E-state index contributed by atoms with van der Waals surface area (Å²) in [5.74, 6) is 1.34. The normalized spacial score (nSPS) is 26.1. The highest BCUT2D eigenvalue weighted by Gasteiger charge is 2.31. The minimum Gasteiger partial charge on any atom is -0.478 e. The van der Waals surface area contributed by atoms with Gasteiger partial charge < -0.3 is 10.0 Å². The number of hydrogen-bond donors (Lipinski definition) is 1. The van der Waals surface area contributed by atoms with Crippen LogP contribution in [0.3, 0.4) is 0 Å². The Balaban J connectivity index is 1.79. The molecule has 1 aliphatic heterocycles. The molecule has 1 N–H and O–H groups in total. The molecule has 108 valence electrons. The summed E-state index contributed by atoms with van der Waals surface area (Å²) in [4.78, 5) is 17.7. The Kier molecular flexibility index (Phi) is 3.83. The van der Waals surface area contributed by atoms with Gasteiger partial charge in [0.1, 0.15) is 5.82 Å². The Morgan fingerprint density at radius 1 is 1.30 bits per heavy atom. The van der Waals surface area contributed by atoms with Gasteiger partial charge in [0.05, 0.1) is 10.6 Å². The molecule has 1 aliphatic carbocycles. The maximum absolute atomic E-state index is 11.2. The van der Waals surface area contributed by atoms with Crippen LogP contribution in [0.1, 0.15) is 42.5 Å². The number of carbonyl (C=O) groups is 1. The van der Waals surface area contributed by atoms with Crippen molar-refractivity contribution < 1.29 is 9.90 Å². The van der Waals surface area contributed by atoms with Crippen molar-refractivity contribution >= 4 is 23.4 Å². The van der Waals surface area contributed by atoms with Gasteiger partial charge in [-0.05, 0) is 30.7 Å². The van der Waals surface area contributed by atoms with Crippen LogP contribution in [0, 0.1) is 11.8 Å². The van der Waals surface area contributed by atoms with Crippen molar-refractivity contribution in [1.82, 2.24) is 4.98 Å². The van der Waals surface area contributed by atoms with E-state index in [9.17, 15) is 4.79 Å². The van der Waals surface area contributed by atoms with Crippen LogP contribution in [-0.2, 0) is 0 Å². The summed E-state index contributed by atoms with van der Waals surface area (Å²) in [5.41, 5.74) is 0.141. The van der Waals surface area contributed by atoms with Crippen molar-refractivity contribution in [3.05, 3.63) is 22.8 Å². The van der Waals surface area contributed by atoms with E-state index in [4.69, 9.17) is 16.7 Å². The third-order valence-electron chi connectivity index (χ3n) is 4.69. The summed E-state index contributed by atoms with van der Waals surface area (Å²) < 4.78 is 0. The quantitative estimate of drug-likeness (QED) is 0.908. The van der Waals surface area contributed by atoms with Crippen molar-refractivity contribution in [3.8, 4) is 0 Å². The number of fused-ring (bicyclic) bond motifs is 1. The fraction of sp³-hybridized carbons (Fsp3) is 0.600. The topological polar surface area (TPSA) is 53.4 Å². The van der Waals surface area contributed by atoms with E-state index in [1.807, 2.05) is 0 Å². The lowest BCUT2D eigenvalue weighted by molar-refractivity contribution is 0.0697. The van der Waals surface area contributed by atoms with Gasteiger partial charge in [-0.2, -0.15) is 0 Å². The first-order valence-corrected chi connectivity index (χ1v) is 7.66. The van der Waals surface area contributed by atoms with Gasteiger partial charge in [-0.1, -0.05) is 30.9 Å². The van der Waals surface area contributed by atoms with Crippen LogP contribution in [0.4, 0.5) is 5.82 Å². The maximum atomic E-state index is 11.2. The van der Waals surface area contributed by atoms with Gasteiger partial charge in [-0.15, -0.1) is 0 Å².